The average molecular weight is 761 g/mol. The second kappa shape index (κ2) is 18.5. The van der Waals surface area contributed by atoms with Gasteiger partial charge in [0.05, 0.1) is 19.1 Å². The van der Waals surface area contributed by atoms with E-state index in [1.54, 1.807) is 43.2 Å². The largest absolute Gasteiger partial charge is 0.497 e. The molecule has 2 aromatic carbocycles. The summed E-state index contributed by atoms with van der Waals surface area (Å²) in [5.74, 6) is -1.79. The van der Waals surface area contributed by atoms with Gasteiger partial charge in [0.1, 0.15) is 23.9 Å². The molecule has 4 aliphatic heterocycles. The zero-order valence-electron chi connectivity index (χ0n) is 33.3. The number of rotatable bonds is 3. The zero-order chi connectivity index (χ0) is 39.9. The molecule has 4 bridgehead atoms. The van der Waals surface area contributed by atoms with E-state index in [0.29, 0.717) is 69.2 Å². The number of aliphatic hydroxyl groups excluding tert-OH is 1. The number of esters is 1. The van der Waals surface area contributed by atoms with Gasteiger partial charge in [0.2, 0.25) is 17.7 Å². The summed E-state index contributed by atoms with van der Waals surface area (Å²) in [6, 6.07) is 12.5. The Kier molecular flexibility index (Phi) is 14.0. The van der Waals surface area contributed by atoms with Crippen LogP contribution in [0.25, 0.3) is 0 Å². The fraction of sp³-hybridized carbons (Fsp3) is 0.605. The highest BCUT2D eigenvalue weighted by molar-refractivity contribution is 5.97. The van der Waals surface area contributed by atoms with E-state index in [0.717, 1.165) is 11.1 Å². The van der Waals surface area contributed by atoms with E-state index in [4.69, 9.17) is 9.47 Å². The molecule has 0 radical (unpaired) electrons. The lowest BCUT2D eigenvalue weighted by Crippen LogP contribution is -2.52. The summed E-state index contributed by atoms with van der Waals surface area (Å²) >= 11 is 0. The van der Waals surface area contributed by atoms with Crippen molar-refractivity contribution in [2.24, 2.45) is 23.2 Å². The first-order chi connectivity index (χ1) is 26.1. The molecule has 2 fully saturated rings. The highest BCUT2D eigenvalue weighted by Crippen LogP contribution is 2.33. The molecule has 300 valence electrons. The van der Waals surface area contributed by atoms with E-state index < -0.39 is 42.1 Å². The van der Waals surface area contributed by atoms with Crippen molar-refractivity contribution in [3.8, 4) is 5.75 Å². The minimum absolute atomic E-state index is 0.0479. The summed E-state index contributed by atoms with van der Waals surface area (Å²) in [5, 5.41) is 20.1. The third-order valence-corrected chi connectivity index (χ3v) is 11.6. The molecule has 0 unspecified atom stereocenters. The van der Waals surface area contributed by atoms with E-state index >= 15 is 0 Å². The van der Waals surface area contributed by atoms with E-state index in [9.17, 15) is 29.1 Å². The molecular formula is C43H60N4O8. The molecule has 2 aromatic rings. The Morgan fingerprint density at radius 2 is 1.53 bits per heavy atom. The van der Waals surface area contributed by atoms with Gasteiger partial charge in [0.25, 0.3) is 5.91 Å². The molecule has 1 saturated heterocycles. The van der Waals surface area contributed by atoms with Gasteiger partial charge in [-0.2, -0.15) is 0 Å². The molecule has 0 aromatic heterocycles. The number of aliphatic hydroxyl groups is 1. The number of nitrogens with one attached hydrogen (secondary N) is 3. The lowest BCUT2D eigenvalue weighted by atomic mass is 9.81. The number of hydrogen-bond donors (Lipinski definition) is 4. The summed E-state index contributed by atoms with van der Waals surface area (Å²) in [5.41, 5.74) is 1.60. The molecule has 12 heteroatoms. The molecule has 55 heavy (non-hydrogen) atoms. The van der Waals surface area contributed by atoms with Crippen molar-refractivity contribution in [1.29, 1.82) is 0 Å². The quantitative estimate of drug-likeness (QED) is 0.327. The summed E-state index contributed by atoms with van der Waals surface area (Å²) in [6.07, 6.45) is 3.32. The molecular weight excluding hydrogens is 700 g/mol. The van der Waals surface area contributed by atoms with Gasteiger partial charge >= 0.3 is 5.97 Å². The number of carbonyl (C=O) groups is 5. The number of ether oxygens (including phenoxy) is 2. The normalized spacial score (nSPS) is 29.4. The van der Waals surface area contributed by atoms with Crippen molar-refractivity contribution < 1.29 is 38.6 Å². The number of nitrogens with zero attached hydrogens (tertiary/aromatic N) is 1. The number of hydrogen-bond acceptors (Lipinski definition) is 8. The van der Waals surface area contributed by atoms with E-state index in [-0.39, 0.29) is 54.0 Å². The highest BCUT2D eigenvalue weighted by Gasteiger charge is 2.42. The number of fused-ring (bicyclic) bond motifs is 2. The summed E-state index contributed by atoms with van der Waals surface area (Å²) in [4.78, 5) is 69.8. The Hall–Kier alpha value is -4.45. The van der Waals surface area contributed by atoms with Gasteiger partial charge in [-0.05, 0) is 98.1 Å². The predicted octanol–water partition coefficient (Wildman–Crippen LogP) is 4.70. The number of amides is 4. The second-order valence-corrected chi connectivity index (χ2v) is 17.0. The first-order valence-electron chi connectivity index (χ1n) is 19.9. The van der Waals surface area contributed by atoms with E-state index in [1.165, 1.54) is 0 Å². The van der Waals surface area contributed by atoms with Crippen LogP contribution in [0.3, 0.4) is 0 Å². The lowest BCUT2D eigenvalue weighted by molar-refractivity contribution is -0.165. The van der Waals surface area contributed by atoms with Gasteiger partial charge in [-0.15, -0.1) is 0 Å². The van der Waals surface area contributed by atoms with Crippen LogP contribution >= 0.6 is 0 Å². The smallest absolute Gasteiger partial charge is 0.329 e. The van der Waals surface area contributed by atoms with Gasteiger partial charge in [0, 0.05) is 37.0 Å². The van der Waals surface area contributed by atoms with Crippen molar-refractivity contribution in [2.45, 2.75) is 129 Å². The minimum atomic E-state index is -0.916. The molecule has 4 amide bonds. The van der Waals surface area contributed by atoms with E-state index in [1.807, 2.05) is 52.0 Å². The van der Waals surface area contributed by atoms with Crippen LogP contribution in [-0.2, 0) is 36.9 Å². The van der Waals surface area contributed by atoms with E-state index in [2.05, 4.69) is 16.0 Å². The number of carbonyl (C=O) groups excluding carboxylic acids is 5. The molecule has 1 aliphatic carbocycles. The monoisotopic (exact) mass is 760 g/mol. The van der Waals surface area contributed by atoms with Crippen LogP contribution in [0.1, 0.15) is 107 Å². The lowest BCUT2D eigenvalue weighted by Gasteiger charge is -2.36. The van der Waals surface area contributed by atoms with Crippen LogP contribution in [0.2, 0.25) is 0 Å². The Morgan fingerprint density at radius 1 is 0.855 bits per heavy atom. The number of benzene rings is 2. The summed E-state index contributed by atoms with van der Waals surface area (Å²) < 4.78 is 11.5. The minimum Gasteiger partial charge on any atom is -0.497 e. The third-order valence-electron chi connectivity index (χ3n) is 11.6. The number of methoxy groups -OCH3 is 1. The molecule has 1 saturated carbocycles. The standard InChI is InChI=1S/C43H60N4O8/c1-26-22-36(48)27(2)38(49)44-25-29-9-13-30(14-10-29)39(50)46-34(24-28-11-19-33(54-6)20-12-28)40(51)45-32-17-15-31(16-18-32)41(52)47-21-7-8-35(47)42(53)55-37(23-26)43(3,4)5/h9-14,19-20,26-27,31-32,34-37,48H,7-8,15-18,21-25H2,1-6H3,(H,44,49)(H,45,51)(H,46,50)/t26-,27+,31?,32?,34-,35-,36-,37-/m0/s1. The summed E-state index contributed by atoms with van der Waals surface area (Å²) in [7, 11) is 1.58. The van der Waals surface area contributed by atoms with Gasteiger partial charge < -0.3 is 35.4 Å². The maximum Gasteiger partial charge on any atom is 0.329 e. The van der Waals surface area contributed by atoms with Crippen molar-refractivity contribution in [3.05, 3.63) is 65.2 Å². The molecule has 12 nitrogen and oxygen atoms in total. The Morgan fingerprint density at radius 3 is 2.16 bits per heavy atom. The SMILES string of the molecule is COc1ccc(C[C@@H]2NC(=O)c3ccc(cc3)CNC(=O)[C@H](C)[C@@H](O)C[C@H](C)C[C@@H](C(C)(C)C)OC(=O)[C@@H]3CCCN3C(=O)C3CCC(CC3)NC2=O)cc1. The molecule has 6 atom stereocenters. The fourth-order valence-corrected chi connectivity index (χ4v) is 7.92. The molecule has 4 heterocycles. The van der Waals surface area contributed by atoms with Gasteiger partial charge in [-0.1, -0.05) is 58.9 Å². The van der Waals surface area contributed by atoms with Crippen molar-refractivity contribution in [1.82, 2.24) is 20.9 Å². The highest BCUT2D eigenvalue weighted by atomic mass is 16.5. The zero-order valence-corrected chi connectivity index (χ0v) is 33.3. The third kappa shape index (κ3) is 11.1. The maximum absolute atomic E-state index is 13.9. The molecule has 5 aliphatic rings. The Labute approximate surface area is 325 Å². The van der Waals surface area contributed by atoms with Gasteiger partial charge in [-0.25, -0.2) is 4.79 Å². The maximum atomic E-state index is 13.9. The van der Waals surface area contributed by atoms with Crippen LogP contribution in [-0.4, -0.2) is 83.6 Å². The van der Waals surface area contributed by atoms with Crippen molar-refractivity contribution in [2.75, 3.05) is 13.7 Å². The molecule has 0 spiro atoms. The predicted molar refractivity (Wildman–Crippen MR) is 208 cm³/mol. The van der Waals surface area contributed by atoms with Crippen LogP contribution in [0.15, 0.2) is 48.5 Å². The Bertz CT molecular complexity index is 1650. The van der Waals surface area contributed by atoms with Gasteiger partial charge in [-0.3, -0.25) is 19.2 Å². The van der Waals surface area contributed by atoms with Crippen molar-refractivity contribution in [3.63, 3.8) is 0 Å². The van der Waals surface area contributed by atoms with Crippen LogP contribution < -0.4 is 20.7 Å². The molecule has 7 rings (SSSR count). The second-order valence-electron chi connectivity index (χ2n) is 17.0. The first kappa shape index (κ1) is 41.7. The van der Waals surface area contributed by atoms with Crippen molar-refractivity contribution >= 4 is 29.6 Å². The Balaban J connectivity index is 1.37. The van der Waals surface area contributed by atoms with Crippen LogP contribution in [0, 0.1) is 23.2 Å². The van der Waals surface area contributed by atoms with Gasteiger partial charge in [0.15, 0.2) is 0 Å². The fourth-order valence-electron chi connectivity index (χ4n) is 7.92. The first-order valence-corrected chi connectivity index (χ1v) is 19.9. The summed E-state index contributed by atoms with van der Waals surface area (Å²) in [6.45, 7) is 10.4. The van der Waals surface area contributed by atoms with Crippen LogP contribution in [0.4, 0.5) is 0 Å². The average Bonchev–Trinajstić information content (AvgIpc) is 3.66. The topological polar surface area (TPSA) is 163 Å². The molecule has 4 N–H and O–H groups in total. The van der Waals surface area contributed by atoms with Crippen LogP contribution in [0.5, 0.6) is 5.75 Å².